The zero-order valence-corrected chi connectivity index (χ0v) is 13.4. The van der Waals surface area contributed by atoms with E-state index in [4.69, 9.17) is 0 Å². The molecule has 0 spiro atoms. The van der Waals surface area contributed by atoms with E-state index in [0.717, 1.165) is 35.2 Å². The fourth-order valence-corrected chi connectivity index (χ4v) is 4.12. The first-order valence-corrected chi connectivity index (χ1v) is 8.82. The molecule has 3 heterocycles. The van der Waals surface area contributed by atoms with E-state index in [9.17, 15) is 14.7 Å². The van der Waals surface area contributed by atoms with E-state index >= 15 is 0 Å². The second kappa shape index (κ2) is 5.23. The molecule has 0 saturated heterocycles. The largest absolute Gasteiger partial charge is 0.465 e. The van der Waals surface area contributed by atoms with Crippen LogP contribution in [0.5, 0.6) is 0 Å². The lowest BCUT2D eigenvalue weighted by Gasteiger charge is -2.42. The van der Waals surface area contributed by atoms with Crippen molar-refractivity contribution in [2.75, 3.05) is 6.26 Å². The molecular weight excluding hydrogens is 316 g/mol. The minimum atomic E-state index is -1.17. The molecule has 1 fully saturated rings. The standard InChI is InChI=1S/C15H16N4O3S/c1-23-14-16-7-8-6-11-13(20)19(15(21)22)10-5-3-2-4-9(10)18(11)12(8)17-14/h6-7,9-10H,2-5H2,1H3,(H,21,22)/t9-,10-/m1/s1. The van der Waals surface area contributed by atoms with Gasteiger partial charge in [0, 0.05) is 11.6 Å². The van der Waals surface area contributed by atoms with Gasteiger partial charge in [-0.3, -0.25) is 4.79 Å². The van der Waals surface area contributed by atoms with Crippen LogP contribution in [0, 0.1) is 0 Å². The molecule has 23 heavy (non-hydrogen) atoms. The summed E-state index contributed by atoms with van der Waals surface area (Å²) in [6, 6.07) is 1.38. The zero-order valence-electron chi connectivity index (χ0n) is 12.6. The molecule has 7 nitrogen and oxygen atoms in total. The van der Waals surface area contributed by atoms with Crippen molar-refractivity contribution >= 4 is 34.8 Å². The Morgan fingerprint density at radius 1 is 1.35 bits per heavy atom. The van der Waals surface area contributed by atoms with Gasteiger partial charge in [-0.2, -0.15) is 0 Å². The molecule has 120 valence electrons. The highest BCUT2D eigenvalue weighted by atomic mass is 32.2. The van der Waals surface area contributed by atoms with Gasteiger partial charge < -0.3 is 9.67 Å². The van der Waals surface area contributed by atoms with Crippen molar-refractivity contribution < 1.29 is 14.7 Å². The summed E-state index contributed by atoms with van der Waals surface area (Å²) in [4.78, 5) is 34.1. The summed E-state index contributed by atoms with van der Waals surface area (Å²) in [5.41, 5.74) is 1.13. The molecule has 2 aromatic heterocycles. The van der Waals surface area contributed by atoms with Gasteiger partial charge >= 0.3 is 6.09 Å². The Bertz CT molecular complexity index is 818. The van der Waals surface area contributed by atoms with Gasteiger partial charge in [0.15, 0.2) is 5.16 Å². The van der Waals surface area contributed by atoms with Crippen molar-refractivity contribution in [2.24, 2.45) is 0 Å². The normalized spacial score (nSPS) is 23.7. The monoisotopic (exact) mass is 332 g/mol. The van der Waals surface area contributed by atoms with E-state index in [1.807, 2.05) is 10.8 Å². The lowest BCUT2D eigenvalue weighted by Crippen LogP contribution is -2.53. The Labute approximate surface area is 136 Å². The minimum Gasteiger partial charge on any atom is -0.465 e. The number of hydrogen-bond acceptors (Lipinski definition) is 5. The number of carbonyl (C=O) groups is 2. The fraction of sp³-hybridized carbons (Fsp3) is 0.467. The number of hydrogen-bond donors (Lipinski definition) is 1. The van der Waals surface area contributed by atoms with Crippen LogP contribution in [0.4, 0.5) is 4.79 Å². The molecule has 1 saturated carbocycles. The third-order valence-corrected chi connectivity index (χ3v) is 5.30. The summed E-state index contributed by atoms with van der Waals surface area (Å²) in [5, 5.41) is 10.9. The maximum Gasteiger partial charge on any atom is 0.414 e. The maximum atomic E-state index is 12.7. The lowest BCUT2D eigenvalue weighted by atomic mass is 9.87. The van der Waals surface area contributed by atoms with Crippen molar-refractivity contribution in [1.82, 2.24) is 19.4 Å². The molecule has 2 atom stereocenters. The number of amides is 2. The van der Waals surface area contributed by atoms with Crippen LogP contribution in [-0.2, 0) is 0 Å². The molecule has 0 radical (unpaired) electrons. The molecule has 1 N–H and O–H groups in total. The van der Waals surface area contributed by atoms with Crippen molar-refractivity contribution in [3.05, 3.63) is 18.0 Å². The number of carbonyl (C=O) groups excluding carboxylic acids is 1. The second-order valence-electron chi connectivity index (χ2n) is 5.91. The quantitative estimate of drug-likeness (QED) is 0.638. The van der Waals surface area contributed by atoms with Gasteiger partial charge in [-0.1, -0.05) is 24.6 Å². The summed E-state index contributed by atoms with van der Waals surface area (Å²) in [7, 11) is 0. The van der Waals surface area contributed by atoms with Crippen molar-refractivity contribution in [1.29, 1.82) is 0 Å². The summed E-state index contributed by atoms with van der Waals surface area (Å²) in [6.07, 6.45) is 5.98. The molecular formula is C15H16N4O3S. The Kier molecular flexibility index (Phi) is 3.29. The summed E-state index contributed by atoms with van der Waals surface area (Å²) in [6.45, 7) is 0. The highest BCUT2D eigenvalue weighted by molar-refractivity contribution is 7.98. The lowest BCUT2D eigenvalue weighted by molar-refractivity contribution is 0.0454. The number of rotatable bonds is 1. The maximum absolute atomic E-state index is 12.7. The van der Waals surface area contributed by atoms with Crippen LogP contribution >= 0.6 is 11.8 Å². The third kappa shape index (κ3) is 2.04. The van der Waals surface area contributed by atoms with Crippen molar-refractivity contribution in [3.8, 4) is 0 Å². The van der Waals surface area contributed by atoms with Crippen LogP contribution in [-0.4, -0.2) is 48.8 Å². The van der Waals surface area contributed by atoms with E-state index in [0.29, 0.717) is 17.3 Å². The third-order valence-electron chi connectivity index (χ3n) is 4.74. The smallest absolute Gasteiger partial charge is 0.414 e. The molecule has 2 amide bonds. The van der Waals surface area contributed by atoms with E-state index in [1.165, 1.54) is 11.8 Å². The summed E-state index contributed by atoms with van der Waals surface area (Å²) < 4.78 is 1.95. The molecule has 1 aliphatic heterocycles. The highest BCUT2D eigenvalue weighted by Gasteiger charge is 2.45. The highest BCUT2D eigenvalue weighted by Crippen LogP contribution is 2.40. The molecule has 4 rings (SSSR count). The van der Waals surface area contributed by atoms with E-state index < -0.39 is 12.0 Å². The first kappa shape index (κ1) is 14.5. The Balaban J connectivity index is 1.96. The first-order valence-electron chi connectivity index (χ1n) is 7.60. The van der Waals surface area contributed by atoms with Crippen molar-refractivity contribution in [3.63, 3.8) is 0 Å². The number of nitrogens with zero attached hydrogens (tertiary/aromatic N) is 4. The summed E-state index contributed by atoms with van der Waals surface area (Å²) >= 11 is 1.45. The molecule has 8 heteroatoms. The fourth-order valence-electron chi connectivity index (χ4n) is 3.79. The molecule has 1 aliphatic carbocycles. The molecule has 0 bridgehead atoms. The average Bonchev–Trinajstić information content (AvgIpc) is 2.94. The molecule has 0 unspecified atom stereocenters. The van der Waals surface area contributed by atoms with Gasteiger partial charge in [0.1, 0.15) is 11.3 Å². The van der Waals surface area contributed by atoms with Crippen LogP contribution in [0.3, 0.4) is 0 Å². The van der Waals surface area contributed by atoms with Gasteiger partial charge in [-0.05, 0) is 25.2 Å². The molecule has 0 aromatic carbocycles. The predicted octanol–water partition coefficient (Wildman–Crippen LogP) is 2.77. The van der Waals surface area contributed by atoms with Gasteiger partial charge in [-0.25, -0.2) is 19.7 Å². The van der Waals surface area contributed by atoms with Crippen LogP contribution < -0.4 is 0 Å². The Morgan fingerprint density at radius 3 is 2.78 bits per heavy atom. The zero-order chi connectivity index (χ0) is 16.1. The van der Waals surface area contributed by atoms with Gasteiger partial charge in [0.05, 0.1) is 12.1 Å². The second-order valence-corrected chi connectivity index (χ2v) is 6.69. The topological polar surface area (TPSA) is 88.3 Å². The van der Waals surface area contributed by atoms with E-state index in [2.05, 4.69) is 9.97 Å². The Morgan fingerprint density at radius 2 is 2.09 bits per heavy atom. The number of fused-ring (bicyclic) bond motifs is 5. The van der Waals surface area contributed by atoms with E-state index in [-0.39, 0.29) is 12.1 Å². The number of carboxylic acid groups (broad SMARTS) is 1. The van der Waals surface area contributed by atoms with Crippen LogP contribution in [0.15, 0.2) is 17.4 Å². The molecule has 2 aliphatic rings. The average molecular weight is 332 g/mol. The van der Waals surface area contributed by atoms with Gasteiger partial charge in [-0.15, -0.1) is 0 Å². The van der Waals surface area contributed by atoms with E-state index in [1.54, 1.807) is 12.3 Å². The van der Waals surface area contributed by atoms with Crippen LogP contribution in [0.1, 0.15) is 42.2 Å². The number of aromatic nitrogens is 3. The SMILES string of the molecule is CSc1ncc2cc3n(c2n1)[C@@H]1CCCC[C@H]1N(C(=O)O)C3=O. The minimum absolute atomic E-state index is 0.0327. The first-order chi connectivity index (χ1) is 11.1. The molecule has 2 aromatic rings. The number of thioether (sulfide) groups is 1. The number of imide groups is 1. The Hall–Kier alpha value is -2.09. The van der Waals surface area contributed by atoms with Gasteiger partial charge in [0.2, 0.25) is 0 Å². The predicted molar refractivity (Wildman–Crippen MR) is 84.8 cm³/mol. The summed E-state index contributed by atoms with van der Waals surface area (Å²) in [5.74, 6) is -0.454. The van der Waals surface area contributed by atoms with Gasteiger partial charge in [0.25, 0.3) is 5.91 Å². The van der Waals surface area contributed by atoms with Crippen LogP contribution in [0.2, 0.25) is 0 Å². The van der Waals surface area contributed by atoms with Crippen molar-refractivity contribution in [2.45, 2.75) is 42.9 Å². The van der Waals surface area contributed by atoms with Crippen LogP contribution in [0.25, 0.3) is 11.0 Å².